The van der Waals surface area contributed by atoms with Crippen molar-refractivity contribution in [1.82, 2.24) is 0 Å². The summed E-state index contributed by atoms with van der Waals surface area (Å²) in [5.74, 6) is -0.921. The van der Waals surface area contributed by atoms with Crippen molar-refractivity contribution in [3.8, 4) is 0 Å². The highest BCUT2D eigenvalue weighted by molar-refractivity contribution is 5.33. The van der Waals surface area contributed by atoms with E-state index in [0.29, 0.717) is 0 Å². The predicted octanol–water partition coefficient (Wildman–Crippen LogP) is 3.48. The fraction of sp³-hybridized carbons (Fsp3) is 0.200. The Morgan fingerprint density at radius 1 is 0.778 bits per heavy atom. The van der Waals surface area contributed by atoms with Gasteiger partial charge in [-0.2, -0.15) is 0 Å². The summed E-state index contributed by atoms with van der Waals surface area (Å²) < 4.78 is 25.8. The lowest BCUT2D eigenvalue weighted by atomic mass is 9.87. The Balaban J connectivity index is 2.39. The maximum atomic E-state index is 12.9. The van der Waals surface area contributed by atoms with Crippen LogP contribution in [0, 0.1) is 11.6 Å². The summed E-state index contributed by atoms with van der Waals surface area (Å²) in [6.45, 7) is 1.66. The summed E-state index contributed by atoms with van der Waals surface area (Å²) in [6, 6.07) is 12.0. The van der Waals surface area contributed by atoms with Crippen LogP contribution in [0.1, 0.15) is 24.0 Å². The molecule has 1 N–H and O–H groups in total. The van der Waals surface area contributed by atoms with E-state index in [-0.39, 0.29) is 17.6 Å². The van der Waals surface area contributed by atoms with Gasteiger partial charge in [0.1, 0.15) is 11.6 Å². The van der Waals surface area contributed by atoms with Crippen molar-refractivity contribution >= 4 is 0 Å². The molecule has 0 aliphatic carbocycles. The van der Waals surface area contributed by atoms with E-state index in [1.54, 1.807) is 31.2 Å². The predicted molar refractivity (Wildman–Crippen MR) is 66.3 cm³/mol. The molecule has 0 aromatic heterocycles. The molecule has 2 rings (SSSR count). The van der Waals surface area contributed by atoms with Gasteiger partial charge in [0.25, 0.3) is 0 Å². The molecule has 1 nitrogen and oxygen atoms in total. The molecular formula is C15H14F2O. The molecule has 2 aromatic rings. The van der Waals surface area contributed by atoms with Crippen LogP contribution in [0.4, 0.5) is 8.78 Å². The highest BCUT2D eigenvalue weighted by Crippen LogP contribution is 2.28. The van der Waals surface area contributed by atoms with Crippen molar-refractivity contribution in [3.05, 3.63) is 71.3 Å². The molecule has 1 unspecified atom stereocenters. The van der Waals surface area contributed by atoms with E-state index in [1.165, 1.54) is 24.3 Å². The first-order valence-corrected chi connectivity index (χ1v) is 5.77. The van der Waals surface area contributed by atoms with Crippen LogP contribution in [0.5, 0.6) is 0 Å². The van der Waals surface area contributed by atoms with Crippen LogP contribution in [0.3, 0.4) is 0 Å². The van der Waals surface area contributed by atoms with Gasteiger partial charge in [-0.25, -0.2) is 8.78 Å². The maximum Gasteiger partial charge on any atom is 0.123 e. The topological polar surface area (TPSA) is 20.2 Å². The van der Waals surface area contributed by atoms with E-state index in [4.69, 9.17) is 0 Å². The van der Waals surface area contributed by atoms with Crippen molar-refractivity contribution in [2.24, 2.45) is 0 Å². The first-order valence-electron chi connectivity index (χ1n) is 5.77. The minimum atomic E-state index is -0.638. The third kappa shape index (κ3) is 2.74. The molecule has 0 radical (unpaired) electrons. The minimum absolute atomic E-state index is 0.286. The second-order valence-corrected chi connectivity index (χ2v) is 4.32. The van der Waals surface area contributed by atoms with Gasteiger partial charge in [-0.3, -0.25) is 0 Å². The lowest BCUT2D eigenvalue weighted by molar-refractivity contribution is 0.176. The average molecular weight is 248 g/mol. The summed E-state index contributed by atoms with van der Waals surface area (Å²) in [7, 11) is 0. The SMILES string of the molecule is CC(O)C(c1ccc(F)cc1)c1ccc(F)cc1. The lowest BCUT2D eigenvalue weighted by Crippen LogP contribution is -2.16. The summed E-state index contributed by atoms with van der Waals surface area (Å²) in [4.78, 5) is 0. The van der Waals surface area contributed by atoms with Crippen molar-refractivity contribution in [2.45, 2.75) is 18.9 Å². The molecule has 0 saturated heterocycles. The van der Waals surface area contributed by atoms with Crippen LogP contribution >= 0.6 is 0 Å². The highest BCUT2D eigenvalue weighted by Gasteiger charge is 2.19. The highest BCUT2D eigenvalue weighted by atomic mass is 19.1. The van der Waals surface area contributed by atoms with Gasteiger partial charge in [0.2, 0.25) is 0 Å². The van der Waals surface area contributed by atoms with Crippen LogP contribution in [0.25, 0.3) is 0 Å². The number of hydrogen-bond donors (Lipinski definition) is 1. The molecule has 0 aliphatic rings. The molecule has 0 fully saturated rings. The summed E-state index contributed by atoms with van der Waals surface area (Å²) in [6.07, 6.45) is -0.638. The molecule has 0 bridgehead atoms. The van der Waals surface area contributed by atoms with Crippen molar-refractivity contribution in [1.29, 1.82) is 0 Å². The quantitative estimate of drug-likeness (QED) is 0.881. The lowest BCUT2D eigenvalue weighted by Gasteiger charge is -2.21. The van der Waals surface area contributed by atoms with Gasteiger partial charge in [-0.15, -0.1) is 0 Å². The molecule has 1 atom stereocenters. The molecule has 0 heterocycles. The smallest absolute Gasteiger partial charge is 0.123 e. The minimum Gasteiger partial charge on any atom is -0.392 e. The van der Waals surface area contributed by atoms with Crippen LogP contribution in [-0.2, 0) is 0 Å². The number of aliphatic hydroxyl groups excluding tert-OH is 1. The Bertz CT molecular complexity index is 458. The molecule has 0 saturated carbocycles. The standard InChI is InChI=1S/C15H14F2O/c1-10(18)15(11-2-6-13(16)7-3-11)12-4-8-14(17)9-5-12/h2-10,15,18H,1H3. The zero-order valence-corrected chi connectivity index (χ0v) is 9.98. The normalized spacial score (nSPS) is 12.7. The van der Waals surface area contributed by atoms with Gasteiger partial charge in [-0.1, -0.05) is 24.3 Å². The van der Waals surface area contributed by atoms with Crippen LogP contribution in [0.15, 0.2) is 48.5 Å². The van der Waals surface area contributed by atoms with Gasteiger partial charge in [0, 0.05) is 5.92 Å². The first kappa shape index (κ1) is 12.7. The third-order valence-electron chi connectivity index (χ3n) is 2.94. The molecule has 0 amide bonds. The number of aliphatic hydroxyl groups is 1. The maximum absolute atomic E-state index is 12.9. The molecule has 94 valence electrons. The van der Waals surface area contributed by atoms with E-state index in [9.17, 15) is 13.9 Å². The zero-order valence-electron chi connectivity index (χ0n) is 9.98. The number of hydrogen-bond acceptors (Lipinski definition) is 1. The average Bonchev–Trinajstić information content (AvgIpc) is 2.34. The van der Waals surface area contributed by atoms with Crippen LogP contribution in [-0.4, -0.2) is 11.2 Å². The Kier molecular flexibility index (Phi) is 3.72. The molecule has 0 spiro atoms. The zero-order chi connectivity index (χ0) is 13.1. The largest absolute Gasteiger partial charge is 0.392 e. The monoisotopic (exact) mass is 248 g/mol. The van der Waals surface area contributed by atoms with E-state index >= 15 is 0 Å². The number of halogens is 2. The number of rotatable bonds is 3. The van der Waals surface area contributed by atoms with Gasteiger partial charge in [0.15, 0.2) is 0 Å². The molecule has 0 aliphatic heterocycles. The molecule has 18 heavy (non-hydrogen) atoms. The van der Waals surface area contributed by atoms with Gasteiger partial charge < -0.3 is 5.11 Å². The molecule has 3 heteroatoms. The Morgan fingerprint density at radius 2 is 1.11 bits per heavy atom. The van der Waals surface area contributed by atoms with Crippen LogP contribution in [0.2, 0.25) is 0 Å². The van der Waals surface area contributed by atoms with E-state index in [2.05, 4.69) is 0 Å². The van der Waals surface area contributed by atoms with Gasteiger partial charge in [-0.05, 0) is 42.3 Å². The van der Waals surface area contributed by atoms with Crippen LogP contribution < -0.4 is 0 Å². The van der Waals surface area contributed by atoms with E-state index in [0.717, 1.165) is 11.1 Å². The summed E-state index contributed by atoms with van der Waals surface area (Å²) in [5.41, 5.74) is 1.61. The fourth-order valence-electron chi connectivity index (χ4n) is 2.09. The van der Waals surface area contributed by atoms with Crippen molar-refractivity contribution in [3.63, 3.8) is 0 Å². The van der Waals surface area contributed by atoms with Crippen molar-refractivity contribution < 1.29 is 13.9 Å². The van der Waals surface area contributed by atoms with E-state index in [1.807, 2.05) is 0 Å². The van der Waals surface area contributed by atoms with E-state index < -0.39 is 6.10 Å². The first-order chi connectivity index (χ1) is 8.58. The third-order valence-corrected chi connectivity index (χ3v) is 2.94. The molecule has 2 aromatic carbocycles. The Morgan fingerprint density at radius 3 is 1.39 bits per heavy atom. The summed E-state index contributed by atoms with van der Waals surface area (Å²) in [5, 5.41) is 9.87. The Hall–Kier alpha value is -1.74. The fourth-order valence-corrected chi connectivity index (χ4v) is 2.09. The number of benzene rings is 2. The van der Waals surface area contributed by atoms with Gasteiger partial charge in [0.05, 0.1) is 6.10 Å². The van der Waals surface area contributed by atoms with Gasteiger partial charge >= 0.3 is 0 Å². The Labute approximate surface area is 105 Å². The second kappa shape index (κ2) is 5.27. The second-order valence-electron chi connectivity index (χ2n) is 4.32. The molecular weight excluding hydrogens is 234 g/mol. The van der Waals surface area contributed by atoms with Crippen molar-refractivity contribution in [2.75, 3.05) is 0 Å². The summed E-state index contributed by atoms with van der Waals surface area (Å²) >= 11 is 0.